The van der Waals surface area contributed by atoms with E-state index in [0.717, 1.165) is 0 Å². The highest BCUT2D eigenvalue weighted by Crippen LogP contribution is 2.25. The summed E-state index contributed by atoms with van der Waals surface area (Å²) < 4.78 is 5.58. The Morgan fingerprint density at radius 1 is 0.971 bits per heavy atom. The van der Waals surface area contributed by atoms with E-state index in [9.17, 15) is 19.5 Å². The molecule has 8 nitrogen and oxygen atoms in total. The Kier molecular flexibility index (Phi) is 8.02. The summed E-state index contributed by atoms with van der Waals surface area (Å²) in [4.78, 5) is 36.1. The summed E-state index contributed by atoms with van der Waals surface area (Å²) in [5.74, 6) is -0.377. The minimum atomic E-state index is -0.720. The van der Waals surface area contributed by atoms with Crippen molar-refractivity contribution >= 4 is 34.8 Å². The monoisotopic (exact) mass is 459 g/mol. The first-order valence-corrected chi connectivity index (χ1v) is 10.5. The molecule has 0 aliphatic heterocycles. The van der Waals surface area contributed by atoms with Gasteiger partial charge in [-0.15, -0.1) is 0 Å². The number of phenols is 1. The second-order valence-electron chi connectivity index (χ2n) is 7.46. The van der Waals surface area contributed by atoms with E-state index in [2.05, 4.69) is 10.6 Å². The molecule has 0 heterocycles. The smallest absolute Gasteiger partial charge is 0.412 e. The number of anilines is 3. The Balaban J connectivity index is 1.66. The molecule has 3 aromatic rings. The van der Waals surface area contributed by atoms with E-state index >= 15 is 0 Å². The van der Waals surface area contributed by atoms with Gasteiger partial charge in [0, 0.05) is 17.7 Å². The summed E-state index contributed by atoms with van der Waals surface area (Å²) in [5.41, 5.74) is 8.41. The van der Waals surface area contributed by atoms with Crippen molar-refractivity contribution in [2.24, 2.45) is 0 Å². The fraction of sp³-hybridized carbons (Fsp3) is 0.115. The SMILES string of the molecule is CC(=O)c1ccc(NC(=O)O[C@@H](C/C=C/C(=O)Nc2ccccc2N)c2ccc(O)cc2)cc1. The summed E-state index contributed by atoms with van der Waals surface area (Å²) >= 11 is 0. The van der Waals surface area contributed by atoms with E-state index < -0.39 is 12.2 Å². The van der Waals surface area contributed by atoms with E-state index in [-0.39, 0.29) is 23.9 Å². The van der Waals surface area contributed by atoms with E-state index in [4.69, 9.17) is 10.5 Å². The lowest BCUT2D eigenvalue weighted by molar-refractivity contribution is -0.111. The highest BCUT2D eigenvalue weighted by Gasteiger charge is 2.16. The van der Waals surface area contributed by atoms with Crippen molar-refractivity contribution in [3.63, 3.8) is 0 Å². The van der Waals surface area contributed by atoms with Gasteiger partial charge >= 0.3 is 6.09 Å². The number of ether oxygens (including phenoxy) is 1. The minimum absolute atomic E-state index is 0.0766. The molecule has 0 radical (unpaired) electrons. The molecule has 174 valence electrons. The van der Waals surface area contributed by atoms with Crippen molar-refractivity contribution in [3.8, 4) is 5.75 Å². The van der Waals surface area contributed by atoms with Gasteiger partial charge in [-0.2, -0.15) is 0 Å². The van der Waals surface area contributed by atoms with Crippen molar-refractivity contribution < 1.29 is 24.2 Å². The van der Waals surface area contributed by atoms with Gasteiger partial charge in [-0.05, 0) is 67.1 Å². The van der Waals surface area contributed by atoms with Gasteiger partial charge in [-0.25, -0.2) is 4.79 Å². The molecule has 3 rings (SSSR count). The van der Waals surface area contributed by atoms with Crippen LogP contribution in [0, 0.1) is 0 Å². The second-order valence-corrected chi connectivity index (χ2v) is 7.46. The molecule has 0 spiro atoms. The number of aromatic hydroxyl groups is 1. The van der Waals surface area contributed by atoms with Crippen LogP contribution in [-0.4, -0.2) is 22.9 Å². The molecule has 1 atom stereocenters. The highest BCUT2D eigenvalue weighted by atomic mass is 16.6. The van der Waals surface area contributed by atoms with Crippen LogP contribution in [0.3, 0.4) is 0 Å². The first kappa shape index (κ1) is 24.1. The number of hydrogen-bond donors (Lipinski definition) is 4. The van der Waals surface area contributed by atoms with Crippen LogP contribution < -0.4 is 16.4 Å². The Morgan fingerprint density at radius 3 is 2.29 bits per heavy atom. The molecular formula is C26H25N3O5. The summed E-state index contributed by atoms with van der Waals surface area (Å²) in [6.07, 6.45) is 1.70. The maximum absolute atomic E-state index is 12.5. The number of benzene rings is 3. The van der Waals surface area contributed by atoms with Crippen LogP contribution in [0.5, 0.6) is 5.75 Å². The van der Waals surface area contributed by atoms with Crippen LogP contribution in [0.15, 0.2) is 84.9 Å². The van der Waals surface area contributed by atoms with Crippen LogP contribution in [0.25, 0.3) is 0 Å². The van der Waals surface area contributed by atoms with Crippen LogP contribution in [0.2, 0.25) is 0 Å². The number of carbonyl (C=O) groups is 3. The van der Waals surface area contributed by atoms with E-state index in [1.165, 1.54) is 25.1 Å². The topological polar surface area (TPSA) is 131 Å². The summed E-state index contributed by atoms with van der Waals surface area (Å²) in [5, 5.41) is 14.9. The van der Waals surface area contributed by atoms with Crippen molar-refractivity contribution in [1.82, 2.24) is 0 Å². The van der Waals surface area contributed by atoms with Gasteiger partial charge in [0.25, 0.3) is 0 Å². The average molecular weight is 460 g/mol. The molecule has 5 N–H and O–H groups in total. The molecule has 0 aliphatic carbocycles. The third-order valence-electron chi connectivity index (χ3n) is 4.89. The number of Topliss-reactive ketones (excluding diaryl/α,β-unsaturated/α-hetero) is 1. The Morgan fingerprint density at radius 2 is 1.65 bits per heavy atom. The summed E-state index contributed by atoms with van der Waals surface area (Å²) in [7, 11) is 0. The quantitative estimate of drug-likeness (QED) is 0.212. The van der Waals surface area contributed by atoms with Gasteiger partial charge in [0.05, 0.1) is 11.4 Å². The number of ketones is 1. The summed E-state index contributed by atoms with van der Waals surface area (Å²) in [6, 6.07) is 19.6. The average Bonchev–Trinajstić information content (AvgIpc) is 2.81. The summed E-state index contributed by atoms with van der Waals surface area (Å²) in [6.45, 7) is 1.46. The molecule has 0 aromatic heterocycles. The Bertz CT molecular complexity index is 1190. The van der Waals surface area contributed by atoms with Gasteiger partial charge in [0.15, 0.2) is 5.78 Å². The molecular weight excluding hydrogens is 434 g/mol. The normalized spacial score (nSPS) is 11.6. The van der Waals surface area contributed by atoms with E-state index in [0.29, 0.717) is 28.2 Å². The van der Waals surface area contributed by atoms with E-state index in [1.807, 2.05) is 0 Å². The van der Waals surface area contributed by atoms with E-state index in [1.54, 1.807) is 66.7 Å². The Hall–Kier alpha value is -4.59. The predicted molar refractivity (Wildman–Crippen MR) is 131 cm³/mol. The number of carbonyl (C=O) groups excluding carboxylic acids is 3. The maximum Gasteiger partial charge on any atom is 0.412 e. The van der Waals surface area contributed by atoms with Gasteiger partial charge in [-0.3, -0.25) is 14.9 Å². The number of nitrogens with two attached hydrogens (primary N) is 1. The van der Waals surface area contributed by atoms with Crippen LogP contribution in [-0.2, 0) is 9.53 Å². The lowest BCUT2D eigenvalue weighted by Gasteiger charge is -2.17. The molecule has 0 saturated heterocycles. The zero-order chi connectivity index (χ0) is 24.5. The first-order chi connectivity index (χ1) is 16.3. The Labute approximate surface area is 197 Å². The standard InChI is InChI=1S/C26H25N3O5/c1-17(30)18-9-13-20(14-10-18)28-26(33)34-24(19-11-15-21(31)16-12-19)7-4-8-25(32)29-23-6-3-2-5-22(23)27/h2-6,8-16,24,31H,7,27H2,1H3,(H,28,33)(H,29,32)/b8-4+/t24-/m0/s1. The molecule has 0 unspecified atom stereocenters. The number of phenolic OH excluding ortho intramolecular Hbond substituents is 1. The fourth-order valence-electron chi connectivity index (χ4n) is 3.09. The van der Waals surface area contributed by atoms with Crippen LogP contribution in [0.1, 0.15) is 35.4 Å². The van der Waals surface area contributed by atoms with Crippen LogP contribution in [0.4, 0.5) is 21.9 Å². The third kappa shape index (κ3) is 6.96. The maximum atomic E-state index is 12.5. The van der Waals surface area contributed by atoms with Crippen molar-refractivity contribution in [2.45, 2.75) is 19.4 Å². The molecule has 0 fully saturated rings. The molecule has 8 heteroatoms. The van der Waals surface area contributed by atoms with Crippen molar-refractivity contribution in [3.05, 3.63) is 96.1 Å². The number of nitrogens with one attached hydrogen (secondary N) is 2. The number of amides is 2. The van der Waals surface area contributed by atoms with Gasteiger partial charge in [0.1, 0.15) is 11.9 Å². The van der Waals surface area contributed by atoms with Crippen LogP contribution >= 0.6 is 0 Å². The minimum Gasteiger partial charge on any atom is -0.508 e. The zero-order valence-electron chi connectivity index (χ0n) is 18.5. The molecule has 0 saturated carbocycles. The number of nitrogen functional groups attached to an aromatic ring is 1. The molecule has 0 aliphatic rings. The number of rotatable bonds is 8. The lowest BCUT2D eigenvalue weighted by Crippen LogP contribution is -2.17. The number of hydrogen-bond acceptors (Lipinski definition) is 6. The second kappa shape index (κ2) is 11.3. The molecule has 34 heavy (non-hydrogen) atoms. The number of para-hydroxylation sites is 2. The zero-order valence-corrected chi connectivity index (χ0v) is 18.5. The molecule has 2 amide bonds. The van der Waals surface area contributed by atoms with Crippen molar-refractivity contribution in [1.29, 1.82) is 0 Å². The lowest BCUT2D eigenvalue weighted by atomic mass is 10.1. The third-order valence-corrected chi connectivity index (χ3v) is 4.89. The first-order valence-electron chi connectivity index (χ1n) is 10.5. The fourth-order valence-corrected chi connectivity index (χ4v) is 3.09. The van der Waals surface area contributed by atoms with Crippen molar-refractivity contribution in [2.75, 3.05) is 16.4 Å². The van der Waals surface area contributed by atoms with Gasteiger partial charge < -0.3 is 20.9 Å². The highest BCUT2D eigenvalue weighted by molar-refractivity contribution is 6.01. The van der Waals surface area contributed by atoms with Gasteiger partial charge in [-0.1, -0.05) is 30.3 Å². The van der Waals surface area contributed by atoms with Gasteiger partial charge in [0.2, 0.25) is 5.91 Å². The largest absolute Gasteiger partial charge is 0.508 e. The molecule has 3 aromatic carbocycles. The molecule has 0 bridgehead atoms. The predicted octanol–water partition coefficient (Wildman–Crippen LogP) is 5.05.